The standard InChI is InChI=1S/C120H126N4/c1-113(2,3)83-65-84(114(4,5)6)70-91(69-83)121(103-57-41-37-53-95(103)79-45-29-25-30-46-79)107-77-108(122(104-58-42-38-54-96(104)80-47-31-26-32-48-80)92-71-85(115(7,8)9)66-86(72-92)116(10,11)12)100-63-64-102-110(124(106-60-44-40-56-98(106)82-51-35-28-36-52-82)94-75-89(119(19,20)21)68-90(76-94)120(22,23)24)78-109(101-62-61-99(107)111(100)112(101)102)123(105-59-43-39-55-97(105)81-49-33-27-34-50-81)93-73-87(117(13,14)15)67-88(74-93)118(16,17)18/h25-78H,1-24H3. The molecule has 0 atom stereocenters. The van der Waals surface area contributed by atoms with Gasteiger partial charge in [0.1, 0.15) is 0 Å². The molecule has 626 valence electrons. The molecule has 0 aromatic heterocycles. The summed E-state index contributed by atoms with van der Waals surface area (Å²) >= 11 is 0. The van der Waals surface area contributed by atoms with E-state index in [1.165, 1.54) is 44.5 Å². The van der Waals surface area contributed by atoms with Crippen LogP contribution in [0, 0.1) is 0 Å². The molecule has 0 amide bonds. The van der Waals surface area contributed by atoms with E-state index in [4.69, 9.17) is 0 Å². The van der Waals surface area contributed by atoms with E-state index >= 15 is 0 Å². The lowest BCUT2D eigenvalue weighted by atomic mass is 9.80. The SMILES string of the molecule is CC(C)(C)c1cc(N(c2ccccc2-c2ccccc2)c2cc(N(c3cc(C(C)(C)C)cc(C(C)(C)C)c3)c3ccccc3-c3ccccc3)c3ccc4c(N(c5cc(C(C)(C)C)cc(C(C)(C)C)c5)c5ccccc5-c5ccccc5)cc(N(c5cc(C(C)(C)C)cc(C(C)(C)C)c5)c5ccccc5-c5ccccc5)c5ccc2c3c54)cc(C(C)(C)C)c1. The minimum absolute atomic E-state index is 0.238. The van der Waals surface area contributed by atoms with Crippen LogP contribution in [0.25, 0.3) is 76.8 Å². The van der Waals surface area contributed by atoms with Crippen molar-refractivity contribution in [2.24, 2.45) is 0 Å². The number of hydrogen-bond acceptors (Lipinski definition) is 4. The van der Waals surface area contributed by atoms with Crippen LogP contribution in [0.1, 0.15) is 211 Å². The van der Waals surface area contributed by atoms with E-state index in [1.807, 2.05) is 0 Å². The van der Waals surface area contributed by atoms with Gasteiger partial charge in [-0.1, -0.05) is 409 Å². The van der Waals surface area contributed by atoms with E-state index in [0.29, 0.717) is 0 Å². The average molecular weight is 1620 g/mol. The van der Waals surface area contributed by atoms with E-state index in [2.05, 4.69) is 513 Å². The van der Waals surface area contributed by atoms with Crippen molar-refractivity contribution in [2.45, 2.75) is 209 Å². The first-order valence-electron chi connectivity index (χ1n) is 44.8. The molecule has 4 heteroatoms. The molecule has 0 saturated heterocycles. The zero-order valence-electron chi connectivity index (χ0n) is 78.0. The first kappa shape index (κ1) is 85.3. The fourth-order valence-corrected chi connectivity index (χ4v) is 17.8. The fourth-order valence-electron chi connectivity index (χ4n) is 17.8. The summed E-state index contributed by atoms with van der Waals surface area (Å²) in [6, 6.07) is 126. The van der Waals surface area contributed by atoms with Gasteiger partial charge in [0.15, 0.2) is 0 Å². The van der Waals surface area contributed by atoms with Crippen molar-refractivity contribution in [1.82, 2.24) is 0 Å². The molecule has 4 nitrogen and oxygen atoms in total. The van der Waals surface area contributed by atoms with Gasteiger partial charge in [-0.2, -0.15) is 0 Å². The summed E-state index contributed by atoms with van der Waals surface area (Å²) in [5.74, 6) is 0. The third-order valence-corrected chi connectivity index (χ3v) is 25.3. The van der Waals surface area contributed by atoms with E-state index in [-0.39, 0.29) is 43.3 Å². The molecule has 0 aliphatic carbocycles. The summed E-state index contributed by atoms with van der Waals surface area (Å²) in [7, 11) is 0. The summed E-state index contributed by atoms with van der Waals surface area (Å²) in [5.41, 5.74) is 30.0. The number of benzene rings is 16. The molecule has 0 unspecified atom stereocenters. The van der Waals surface area contributed by atoms with Gasteiger partial charge in [-0.3, -0.25) is 0 Å². The Hall–Kier alpha value is -12.2. The first-order chi connectivity index (χ1) is 58.6. The monoisotopic (exact) mass is 1620 g/mol. The lowest BCUT2D eigenvalue weighted by Gasteiger charge is -2.37. The number of anilines is 12. The Labute approximate surface area is 741 Å². The summed E-state index contributed by atoms with van der Waals surface area (Å²) in [5, 5.41) is 6.73. The minimum Gasteiger partial charge on any atom is -0.309 e. The molecule has 0 fully saturated rings. The van der Waals surface area contributed by atoms with Gasteiger partial charge in [0, 0.05) is 77.3 Å². The molecule has 0 aliphatic heterocycles. The Bertz CT molecular complexity index is 5680. The van der Waals surface area contributed by atoms with Crippen molar-refractivity contribution >= 4 is 101 Å². The Morgan fingerprint density at radius 1 is 0.145 bits per heavy atom. The van der Waals surface area contributed by atoms with Crippen molar-refractivity contribution in [3.63, 3.8) is 0 Å². The zero-order chi connectivity index (χ0) is 88.1. The molecular formula is C120H126N4. The van der Waals surface area contributed by atoms with Crippen LogP contribution >= 0.6 is 0 Å². The van der Waals surface area contributed by atoms with Gasteiger partial charge in [0.25, 0.3) is 0 Å². The number of rotatable bonds is 16. The van der Waals surface area contributed by atoms with E-state index in [0.717, 1.165) is 145 Å². The molecule has 0 heterocycles. The predicted octanol–water partition coefficient (Wildman–Crippen LogP) is 35.5. The number of para-hydroxylation sites is 4. The number of nitrogens with zero attached hydrogens (tertiary/aromatic N) is 4. The van der Waals surface area contributed by atoms with Crippen LogP contribution in [0.5, 0.6) is 0 Å². The van der Waals surface area contributed by atoms with Gasteiger partial charge in [0.05, 0.1) is 45.5 Å². The van der Waals surface area contributed by atoms with Gasteiger partial charge >= 0.3 is 0 Å². The van der Waals surface area contributed by atoms with E-state index in [9.17, 15) is 0 Å². The third kappa shape index (κ3) is 16.8. The smallest absolute Gasteiger partial charge is 0.0561 e. The highest BCUT2D eigenvalue weighted by atomic mass is 15.2. The maximum absolute atomic E-state index is 2.67. The van der Waals surface area contributed by atoms with Crippen molar-refractivity contribution in [1.29, 1.82) is 0 Å². The molecule has 0 saturated carbocycles. The lowest BCUT2D eigenvalue weighted by Crippen LogP contribution is -2.21. The normalized spacial score (nSPS) is 12.7. The lowest BCUT2D eigenvalue weighted by molar-refractivity contribution is 0.568. The molecule has 16 aromatic rings. The Morgan fingerprint density at radius 3 is 0.460 bits per heavy atom. The first-order valence-corrected chi connectivity index (χ1v) is 44.8. The third-order valence-electron chi connectivity index (χ3n) is 25.3. The van der Waals surface area contributed by atoms with E-state index in [1.54, 1.807) is 0 Å². The van der Waals surface area contributed by atoms with Crippen molar-refractivity contribution < 1.29 is 0 Å². The second-order valence-electron chi connectivity index (χ2n) is 42.8. The zero-order valence-corrected chi connectivity index (χ0v) is 78.0. The van der Waals surface area contributed by atoms with Crippen LogP contribution in [0.2, 0.25) is 0 Å². The van der Waals surface area contributed by atoms with Gasteiger partial charge in [-0.15, -0.1) is 0 Å². The summed E-state index contributed by atoms with van der Waals surface area (Å²) < 4.78 is 0. The quantitative estimate of drug-likeness (QED) is 0.0894. The van der Waals surface area contributed by atoms with Gasteiger partial charge < -0.3 is 19.6 Å². The van der Waals surface area contributed by atoms with Gasteiger partial charge in [-0.25, -0.2) is 0 Å². The average Bonchev–Trinajstić information content (AvgIpc) is 0.694. The molecule has 0 N–H and O–H groups in total. The molecular weight excluding hydrogens is 1500 g/mol. The molecule has 124 heavy (non-hydrogen) atoms. The Balaban J connectivity index is 1.21. The maximum atomic E-state index is 2.67. The Morgan fingerprint density at radius 2 is 0.298 bits per heavy atom. The summed E-state index contributed by atoms with van der Waals surface area (Å²) in [4.78, 5) is 10.7. The molecule has 0 bridgehead atoms. The highest BCUT2D eigenvalue weighted by Crippen LogP contribution is 2.59. The van der Waals surface area contributed by atoms with Crippen molar-refractivity contribution in [2.75, 3.05) is 19.6 Å². The Kier molecular flexibility index (Phi) is 22.1. The van der Waals surface area contributed by atoms with Crippen molar-refractivity contribution in [3.8, 4) is 44.5 Å². The predicted molar refractivity (Wildman–Crippen MR) is 540 cm³/mol. The molecule has 0 spiro atoms. The van der Waals surface area contributed by atoms with Crippen LogP contribution in [0.4, 0.5) is 68.2 Å². The minimum atomic E-state index is -0.238. The van der Waals surface area contributed by atoms with Crippen LogP contribution in [-0.2, 0) is 43.3 Å². The van der Waals surface area contributed by atoms with Crippen LogP contribution < -0.4 is 19.6 Å². The molecule has 16 aromatic carbocycles. The van der Waals surface area contributed by atoms with Gasteiger partial charge in [-0.05, 0) is 195 Å². The summed E-state index contributed by atoms with van der Waals surface area (Å²) in [6.07, 6.45) is 0. The topological polar surface area (TPSA) is 13.0 Å². The molecule has 0 aliphatic rings. The number of hydrogen-bond donors (Lipinski definition) is 0. The van der Waals surface area contributed by atoms with Crippen LogP contribution in [0.3, 0.4) is 0 Å². The van der Waals surface area contributed by atoms with E-state index < -0.39 is 0 Å². The molecule has 0 radical (unpaired) electrons. The largest absolute Gasteiger partial charge is 0.309 e. The van der Waals surface area contributed by atoms with Crippen LogP contribution in [-0.4, -0.2) is 0 Å². The molecule has 16 rings (SSSR count). The maximum Gasteiger partial charge on any atom is 0.0561 e. The van der Waals surface area contributed by atoms with Gasteiger partial charge in [0.2, 0.25) is 0 Å². The fraction of sp³-hybridized carbons (Fsp3) is 0.267. The van der Waals surface area contributed by atoms with Crippen molar-refractivity contribution in [3.05, 3.63) is 372 Å². The second kappa shape index (κ2) is 32.1. The summed E-state index contributed by atoms with van der Waals surface area (Å²) in [6.45, 7) is 57.0. The van der Waals surface area contributed by atoms with Crippen LogP contribution in [0.15, 0.2) is 328 Å². The highest BCUT2D eigenvalue weighted by Gasteiger charge is 2.36. The highest BCUT2D eigenvalue weighted by molar-refractivity contribution is 6.33. The second-order valence-corrected chi connectivity index (χ2v) is 42.8.